The molecule has 0 saturated heterocycles. The molecule has 0 aliphatic rings. The summed E-state index contributed by atoms with van der Waals surface area (Å²) in [6, 6.07) is 14.3. The first-order valence-electron chi connectivity index (χ1n) is 8.92. The van der Waals surface area contributed by atoms with Gasteiger partial charge in [0.15, 0.2) is 4.80 Å². The van der Waals surface area contributed by atoms with E-state index in [4.69, 9.17) is 4.74 Å². The highest BCUT2D eigenvalue weighted by Crippen LogP contribution is 2.22. The number of carbonyl (C=O) groups excluding carboxylic acids is 1. The van der Waals surface area contributed by atoms with Gasteiger partial charge in [0, 0.05) is 18.1 Å². The Morgan fingerprint density at radius 1 is 1.22 bits per heavy atom. The number of hydrogen-bond donors (Lipinski definition) is 0. The lowest BCUT2D eigenvalue weighted by atomic mass is 10.0. The fourth-order valence-electron chi connectivity index (χ4n) is 2.87. The molecule has 6 heteroatoms. The summed E-state index contributed by atoms with van der Waals surface area (Å²) in [5.74, 6) is 0.348. The minimum absolute atomic E-state index is 0.135. The quantitative estimate of drug-likeness (QED) is 0.539. The van der Waals surface area contributed by atoms with Gasteiger partial charge in [0.05, 0.1) is 23.2 Å². The van der Waals surface area contributed by atoms with Crippen LogP contribution in [0.15, 0.2) is 51.9 Å². The highest BCUT2D eigenvalue weighted by molar-refractivity contribution is 9.10. The van der Waals surface area contributed by atoms with Gasteiger partial charge in [0.25, 0.3) is 5.91 Å². The molecular weight excluding hydrogens is 424 g/mol. The molecule has 0 atom stereocenters. The maximum absolute atomic E-state index is 12.6. The number of ether oxygens (including phenoxy) is 1. The van der Waals surface area contributed by atoms with Crippen molar-refractivity contribution in [3.8, 4) is 0 Å². The number of methoxy groups -OCH3 is 1. The van der Waals surface area contributed by atoms with Crippen LogP contribution in [0.5, 0.6) is 0 Å². The summed E-state index contributed by atoms with van der Waals surface area (Å²) >= 11 is 5.03. The first kappa shape index (κ1) is 20.0. The SMILES string of the molecule is COCCn1c(=NC(=O)Cc2ccc(C(C)C)cc2)sc2cc(Br)ccc21. The Morgan fingerprint density at radius 2 is 1.96 bits per heavy atom. The summed E-state index contributed by atoms with van der Waals surface area (Å²) in [5, 5.41) is 0. The van der Waals surface area contributed by atoms with Crippen molar-refractivity contribution in [1.29, 1.82) is 0 Å². The van der Waals surface area contributed by atoms with E-state index in [1.807, 2.05) is 24.3 Å². The van der Waals surface area contributed by atoms with Crippen LogP contribution >= 0.6 is 27.3 Å². The van der Waals surface area contributed by atoms with Gasteiger partial charge in [0.2, 0.25) is 0 Å². The van der Waals surface area contributed by atoms with E-state index >= 15 is 0 Å². The molecule has 1 aromatic heterocycles. The van der Waals surface area contributed by atoms with Crippen LogP contribution in [0.3, 0.4) is 0 Å². The van der Waals surface area contributed by atoms with Gasteiger partial charge in [-0.25, -0.2) is 0 Å². The summed E-state index contributed by atoms with van der Waals surface area (Å²) in [5.41, 5.74) is 3.32. The molecule has 0 N–H and O–H groups in total. The van der Waals surface area contributed by atoms with Crippen molar-refractivity contribution >= 4 is 43.4 Å². The molecule has 2 aromatic carbocycles. The molecule has 3 aromatic rings. The first-order chi connectivity index (χ1) is 13.0. The van der Waals surface area contributed by atoms with Crippen molar-refractivity contribution in [2.75, 3.05) is 13.7 Å². The Morgan fingerprint density at radius 3 is 2.63 bits per heavy atom. The predicted molar refractivity (Wildman–Crippen MR) is 114 cm³/mol. The number of aromatic nitrogens is 1. The zero-order valence-corrected chi connectivity index (χ0v) is 18.1. The largest absolute Gasteiger partial charge is 0.383 e. The second-order valence-electron chi connectivity index (χ2n) is 6.72. The Hall–Kier alpha value is -1.76. The number of thiazole rings is 1. The molecule has 0 spiro atoms. The van der Waals surface area contributed by atoms with Crippen LogP contribution < -0.4 is 4.80 Å². The summed E-state index contributed by atoms with van der Waals surface area (Å²) < 4.78 is 9.38. The lowest BCUT2D eigenvalue weighted by Gasteiger charge is -2.06. The maximum atomic E-state index is 12.6. The van der Waals surface area contributed by atoms with Gasteiger partial charge in [0.1, 0.15) is 0 Å². The minimum Gasteiger partial charge on any atom is -0.383 e. The van der Waals surface area contributed by atoms with E-state index in [0.717, 1.165) is 20.3 Å². The number of halogens is 1. The van der Waals surface area contributed by atoms with Crippen LogP contribution in [0.1, 0.15) is 30.9 Å². The minimum atomic E-state index is -0.135. The molecule has 0 radical (unpaired) electrons. The number of hydrogen-bond acceptors (Lipinski definition) is 3. The van der Waals surface area contributed by atoms with Crippen LogP contribution in [-0.4, -0.2) is 24.2 Å². The summed E-state index contributed by atoms with van der Waals surface area (Å²) in [6.45, 7) is 5.55. The molecule has 0 unspecified atom stereocenters. The molecule has 1 amide bonds. The van der Waals surface area contributed by atoms with E-state index < -0.39 is 0 Å². The number of carbonyl (C=O) groups is 1. The molecule has 0 bridgehead atoms. The Bertz CT molecular complexity index is 1000. The van der Waals surface area contributed by atoms with Crippen molar-refractivity contribution in [1.82, 2.24) is 4.57 Å². The normalized spacial score (nSPS) is 12.3. The molecule has 0 fully saturated rings. The van der Waals surface area contributed by atoms with Gasteiger partial charge in [-0.3, -0.25) is 4.79 Å². The van der Waals surface area contributed by atoms with Crippen LogP contribution in [0, 0.1) is 0 Å². The van der Waals surface area contributed by atoms with E-state index in [2.05, 4.69) is 57.5 Å². The third kappa shape index (κ3) is 4.94. The van der Waals surface area contributed by atoms with Crippen molar-refractivity contribution < 1.29 is 9.53 Å². The Kier molecular flexibility index (Phi) is 6.63. The van der Waals surface area contributed by atoms with Crippen LogP contribution in [0.4, 0.5) is 0 Å². The smallest absolute Gasteiger partial charge is 0.252 e. The molecule has 3 rings (SSSR count). The van der Waals surface area contributed by atoms with Gasteiger partial charge in [-0.2, -0.15) is 4.99 Å². The standard InChI is InChI=1S/C21H23BrN2O2S/c1-14(2)16-6-4-15(5-7-16)12-20(25)23-21-24(10-11-26-3)18-9-8-17(22)13-19(18)27-21/h4-9,13-14H,10-12H2,1-3H3. The Labute approximate surface area is 171 Å². The Balaban J connectivity index is 1.90. The number of benzene rings is 2. The lowest BCUT2D eigenvalue weighted by molar-refractivity contribution is -0.117. The van der Waals surface area contributed by atoms with Crippen LogP contribution in [0.2, 0.25) is 0 Å². The van der Waals surface area contributed by atoms with Crippen molar-refractivity contribution in [3.05, 3.63) is 62.9 Å². The third-order valence-corrected chi connectivity index (χ3v) is 5.92. The van der Waals surface area contributed by atoms with Gasteiger partial charge < -0.3 is 9.30 Å². The second kappa shape index (κ2) is 8.95. The second-order valence-corrected chi connectivity index (χ2v) is 8.64. The number of rotatable bonds is 6. The summed E-state index contributed by atoms with van der Waals surface area (Å²) in [7, 11) is 1.68. The molecule has 0 aliphatic carbocycles. The van der Waals surface area contributed by atoms with E-state index in [-0.39, 0.29) is 5.91 Å². The van der Waals surface area contributed by atoms with Crippen molar-refractivity contribution in [2.45, 2.75) is 32.7 Å². The van der Waals surface area contributed by atoms with Crippen molar-refractivity contribution in [2.24, 2.45) is 4.99 Å². The fraction of sp³-hybridized carbons (Fsp3) is 0.333. The summed E-state index contributed by atoms with van der Waals surface area (Å²) in [6.07, 6.45) is 0.306. The highest BCUT2D eigenvalue weighted by atomic mass is 79.9. The van der Waals surface area contributed by atoms with Gasteiger partial charge in [-0.15, -0.1) is 0 Å². The van der Waals surface area contributed by atoms with E-state index in [1.165, 1.54) is 16.9 Å². The number of amides is 1. The fourth-order valence-corrected chi connectivity index (χ4v) is 4.50. The molecule has 27 heavy (non-hydrogen) atoms. The van der Waals surface area contributed by atoms with Crippen molar-refractivity contribution in [3.63, 3.8) is 0 Å². The van der Waals surface area contributed by atoms with Gasteiger partial charge >= 0.3 is 0 Å². The monoisotopic (exact) mass is 446 g/mol. The average Bonchev–Trinajstić information content (AvgIpc) is 2.96. The lowest BCUT2D eigenvalue weighted by Crippen LogP contribution is -2.19. The molecular formula is C21H23BrN2O2S. The molecule has 0 saturated carbocycles. The van der Waals surface area contributed by atoms with Crippen LogP contribution in [0.25, 0.3) is 10.2 Å². The average molecular weight is 447 g/mol. The molecule has 4 nitrogen and oxygen atoms in total. The number of nitrogens with zero attached hydrogens (tertiary/aromatic N) is 2. The molecule has 142 valence electrons. The molecule has 1 heterocycles. The topological polar surface area (TPSA) is 43.6 Å². The predicted octanol–water partition coefficient (Wildman–Crippen LogP) is 4.91. The van der Waals surface area contributed by atoms with E-state index in [1.54, 1.807) is 7.11 Å². The summed E-state index contributed by atoms with van der Waals surface area (Å²) in [4.78, 5) is 17.7. The maximum Gasteiger partial charge on any atom is 0.252 e. The van der Waals surface area contributed by atoms with Gasteiger partial charge in [-0.05, 0) is 35.2 Å². The zero-order valence-electron chi connectivity index (χ0n) is 15.7. The third-order valence-electron chi connectivity index (χ3n) is 4.39. The van der Waals surface area contributed by atoms with Gasteiger partial charge in [-0.1, -0.05) is 65.4 Å². The highest BCUT2D eigenvalue weighted by Gasteiger charge is 2.09. The number of fused-ring (bicyclic) bond motifs is 1. The van der Waals surface area contributed by atoms with E-state index in [0.29, 0.717) is 30.3 Å². The first-order valence-corrected chi connectivity index (χ1v) is 10.5. The van der Waals surface area contributed by atoms with E-state index in [9.17, 15) is 4.79 Å². The molecule has 0 aliphatic heterocycles. The zero-order chi connectivity index (χ0) is 19.4. The van der Waals surface area contributed by atoms with Crippen LogP contribution in [-0.2, 0) is 22.5 Å².